The average molecular weight is 333 g/mol. The summed E-state index contributed by atoms with van der Waals surface area (Å²) >= 11 is 0. The Labute approximate surface area is 140 Å². The number of carbonyl (C=O) groups excluding carboxylic acids is 1. The van der Waals surface area contributed by atoms with Gasteiger partial charge in [-0.15, -0.1) is 0 Å². The van der Waals surface area contributed by atoms with Gasteiger partial charge < -0.3 is 19.5 Å². The zero-order valence-corrected chi connectivity index (χ0v) is 13.9. The highest BCUT2D eigenvalue weighted by Crippen LogP contribution is 2.39. The van der Waals surface area contributed by atoms with Crippen LogP contribution in [0.4, 0.5) is 10.1 Å². The lowest BCUT2D eigenvalue weighted by molar-refractivity contribution is -0.116. The number of benzene rings is 2. The number of ether oxygens (including phenoxy) is 3. The molecule has 2 aromatic rings. The first-order valence-electron chi connectivity index (χ1n) is 7.42. The lowest BCUT2D eigenvalue weighted by atomic mass is 10.1. The molecule has 0 atom stereocenters. The number of rotatable bonds is 7. The molecule has 0 bridgehead atoms. The Balaban J connectivity index is 2.07. The Morgan fingerprint density at radius 1 is 1.04 bits per heavy atom. The molecular formula is C18H20FNO4. The van der Waals surface area contributed by atoms with Gasteiger partial charge in [-0.25, -0.2) is 4.39 Å². The van der Waals surface area contributed by atoms with Crippen LogP contribution >= 0.6 is 0 Å². The number of carbonyl (C=O) groups is 1. The van der Waals surface area contributed by atoms with E-state index in [2.05, 4.69) is 5.32 Å². The smallest absolute Gasteiger partial charge is 0.224 e. The topological polar surface area (TPSA) is 56.8 Å². The minimum Gasteiger partial charge on any atom is -0.493 e. The van der Waals surface area contributed by atoms with E-state index in [1.807, 2.05) is 0 Å². The van der Waals surface area contributed by atoms with Crippen molar-refractivity contribution in [3.05, 3.63) is 47.8 Å². The molecule has 0 saturated heterocycles. The number of methoxy groups -OCH3 is 3. The van der Waals surface area contributed by atoms with Crippen LogP contribution in [-0.4, -0.2) is 27.2 Å². The van der Waals surface area contributed by atoms with Gasteiger partial charge in [-0.05, 0) is 18.1 Å². The van der Waals surface area contributed by atoms with Crippen LogP contribution in [0.2, 0.25) is 0 Å². The van der Waals surface area contributed by atoms with Gasteiger partial charge in [0.2, 0.25) is 11.7 Å². The zero-order chi connectivity index (χ0) is 17.5. The standard InChI is InChI=1S/C18H20FNO4/c1-22-15-10-13(11-16(23-2)18(15)24-3)20-17(21)9-8-12-6-4-5-7-14(12)19/h4-7,10-11H,8-9H2,1-3H3,(H,20,21). The summed E-state index contributed by atoms with van der Waals surface area (Å²) in [6.07, 6.45) is 0.487. The Hall–Kier alpha value is -2.76. The maximum Gasteiger partial charge on any atom is 0.224 e. The van der Waals surface area contributed by atoms with Crippen LogP contribution in [-0.2, 0) is 11.2 Å². The van der Waals surface area contributed by atoms with Crippen LogP contribution in [0.25, 0.3) is 0 Å². The second kappa shape index (κ2) is 8.19. The van der Waals surface area contributed by atoms with E-state index in [0.29, 0.717) is 34.9 Å². The summed E-state index contributed by atoms with van der Waals surface area (Å²) in [6, 6.07) is 9.70. The highest BCUT2D eigenvalue weighted by Gasteiger charge is 2.14. The van der Waals surface area contributed by atoms with Crippen molar-refractivity contribution >= 4 is 11.6 Å². The lowest BCUT2D eigenvalue weighted by Gasteiger charge is -2.14. The van der Waals surface area contributed by atoms with E-state index in [1.54, 1.807) is 30.3 Å². The molecular weight excluding hydrogens is 313 g/mol. The van der Waals surface area contributed by atoms with Crippen molar-refractivity contribution in [3.8, 4) is 17.2 Å². The van der Waals surface area contributed by atoms with E-state index in [-0.39, 0.29) is 18.1 Å². The van der Waals surface area contributed by atoms with Gasteiger partial charge in [0.25, 0.3) is 0 Å². The second-order valence-electron chi connectivity index (χ2n) is 5.05. The minimum atomic E-state index is -0.307. The van der Waals surface area contributed by atoms with Gasteiger partial charge in [-0.1, -0.05) is 18.2 Å². The number of aryl methyl sites for hydroxylation is 1. The molecule has 0 aliphatic heterocycles. The number of anilines is 1. The molecule has 24 heavy (non-hydrogen) atoms. The molecule has 5 nitrogen and oxygen atoms in total. The van der Waals surface area contributed by atoms with Crippen LogP contribution in [0.1, 0.15) is 12.0 Å². The molecule has 128 valence electrons. The predicted octanol–water partition coefficient (Wildman–Crippen LogP) is 3.42. The van der Waals surface area contributed by atoms with E-state index in [9.17, 15) is 9.18 Å². The third-order valence-corrected chi connectivity index (χ3v) is 3.53. The first-order valence-corrected chi connectivity index (χ1v) is 7.42. The number of nitrogens with one attached hydrogen (secondary N) is 1. The lowest BCUT2D eigenvalue weighted by Crippen LogP contribution is -2.13. The first kappa shape index (κ1) is 17.6. The average Bonchev–Trinajstić information content (AvgIpc) is 2.60. The van der Waals surface area contributed by atoms with Gasteiger partial charge in [0.05, 0.1) is 21.3 Å². The summed E-state index contributed by atoms with van der Waals surface area (Å²) < 4.78 is 29.3. The Morgan fingerprint density at radius 3 is 2.21 bits per heavy atom. The highest BCUT2D eigenvalue weighted by atomic mass is 19.1. The summed E-state index contributed by atoms with van der Waals surface area (Å²) in [5.41, 5.74) is 1.03. The van der Waals surface area contributed by atoms with E-state index in [0.717, 1.165) is 0 Å². The summed E-state index contributed by atoms with van der Waals surface area (Å²) in [5, 5.41) is 2.76. The van der Waals surface area contributed by atoms with Crippen molar-refractivity contribution in [2.24, 2.45) is 0 Å². The molecule has 0 aliphatic carbocycles. The summed E-state index contributed by atoms with van der Waals surface area (Å²) in [7, 11) is 4.51. The molecule has 1 amide bonds. The second-order valence-corrected chi connectivity index (χ2v) is 5.05. The maximum absolute atomic E-state index is 13.6. The van der Waals surface area contributed by atoms with Gasteiger partial charge in [-0.3, -0.25) is 4.79 Å². The first-order chi connectivity index (χ1) is 11.6. The van der Waals surface area contributed by atoms with Gasteiger partial charge in [-0.2, -0.15) is 0 Å². The van der Waals surface area contributed by atoms with Crippen LogP contribution in [0.15, 0.2) is 36.4 Å². The van der Waals surface area contributed by atoms with Crippen LogP contribution in [0.5, 0.6) is 17.2 Å². The number of halogens is 1. The Morgan fingerprint density at radius 2 is 1.67 bits per heavy atom. The molecule has 0 aromatic heterocycles. The number of hydrogen-bond acceptors (Lipinski definition) is 4. The third kappa shape index (κ3) is 4.16. The molecule has 0 radical (unpaired) electrons. The summed E-state index contributed by atoms with van der Waals surface area (Å²) in [5.74, 6) is 0.803. The Kier molecular flexibility index (Phi) is 6.01. The van der Waals surface area contributed by atoms with E-state index in [4.69, 9.17) is 14.2 Å². The zero-order valence-electron chi connectivity index (χ0n) is 13.9. The molecule has 0 spiro atoms. The van der Waals surface area contributed by atoms with Crippen molar-refractivity contribution in [1.82, 2.24) is 0 Å². The molecule has 0 aliphatic rings. The maximum atomic E-state index is 13.6. The molecule has 2 aromatic carbocycles. The molecule has 2 rings (SSSR count). The van der Waals surface area contributed by atoms with E-state index in [1.165, 1.54) is 27.4 Å². The third-order valence-electron chi connectivity index (χ3n) is 3.53. The van der Waals surface area contributed by atoms with Crippen molar-refractivity contribution in [2.75, 3.05) is 26.6 Å². The monoisotopic (exact) mass is 333 g/mol. The molecule has 0 unspecified atom stereocenters. The predicted molar refractivity (Wildman–Crippen MR) is 89.4 cm³/mol. The van der Waals surface area contributed by atoms with Gasteiger partial charge in [0.1, 0.15) is 5.82 Å². The van der Waals surface area contributed by atoms with Crippen LogP contribution in [0.3, 0.4) is 0 Å². The highest BCUT2D eigenvalue weighted by molar-refractivity contribution is 5.91. The Bertz CT molecular complexity index is 693. The number of amides is 1. The fourth-order valence-electron chi connectivity index (χ4n) is 2.33. The fraction of sp³-hybridized carbons (Fsp3) is 0.278. The van der Waals surface area contributed by atoms with E-state index >= 15 is 0 Å². The molecule has 0 heterocycles. The molecule has 0 saturated carbocycles. The quantitative estimate of drug-likeness (QED) is 0.843. The van der Waals surface area contributed by atoms with Crippen molar-refractivity contribution < 1.29 is 23.4 Å². The van der Waals surface area contributed by atoms with Crippen molar-refractivity contribution in [2.45, 2.75) is 12.8 Å². The SMILES string of the molecule is COc1cc(NC(=O)CCc2ccccc2F)cc(OC)c1OC. The fourth-order valence-corrected chi connectivity index (χ4v) is 2.33. The molecule has 1 N–H and O–H groups in total. The van der Waals surface area contributed by atoms with Gasteiger partial charge >= 0.3 is 0 Å². The van der Waals surface area contributed by atoms with E-state index < -0.39 is 0 Å². The largest absolute Gasteiger partial charge is 0.493 e. The van der Waals surface area contributed by atoms with Gasteiger partial charge in [0.15, 0.2) is 11.5 Å². The molecule has 6 heteroatoms. The molecule has 0 fully saturated rings. The van der Waals surface area contributed by atoms with Crippen LogP contribution in [0, 0.1) is 5.82 Å². The number of hydrogen-bond donors (Lipinski definition) is 1. The van der Waals surface area contributed by atoms with Gasteiger partial charge in [0, 0.05) is 24.2 Å². The van der Waals surface area contributed by atoms with Crippen molar-refractivity contribution in [1.29, 1.82) is 0 Å². The minimum absolute atomic E-state index is 0.164. The van der Waals surface area contributed by atoms with Crippen LogP contribution < -0.4 is 19.5 Å². The summed E-state index contributed by atoms with van der Waals surface area (Å²) in [4.78, 5) is 12.1. The normalized spacial score (nSPS) is 10.2. The summed E-state index contributed by atoms with van der Waals surface area (Å²) in [6.45, 7) is 0. The van der Waals surface area contributed by atoms with Crippen molar-refractivity contribution in [3.63, 3.8) is 0 Å².